The lowest BCUT2D eigenvalue weighted by atomic mass is 10.2. The van der Waals surface area contributed by atoms with Gasteiger partial charge in [0, 0.05) is 6.54 Å². The van der Waals surface area contributed by atoms with Gasteiger partial charge >= 0.3 is 11.8 Å². The molecule has 1 aromatic carbocycles. The minimum absolute atomic E-state index is 0.0904. The zero-order valence-electron chi connectivity index (χ0n) is 10.4. The van der Waals surface area contributed by atoms with E-state index >= 15 is 0 Å². The highest BCUT2D eigenvalue weighted by Crippen LogP contribution is 2.17. The molecular formula is C14H11N3O3. The Kier molecular flexibility index (Phi) is 3.28. The van der Waals surface area contributed by atoms with Gasteiger partial charge < -0.3 is 14.2 Å². The van der Waals surface area contributed by atoms with Crippen molar-refractivity contribution in [2.45, 2.75) is 6.54 Å². The summed E-state index contributed by atoms with van der Waals surface area (Å²) in [7, 11) is 0. The Bertz CT molecular complexity index is 690. The molecule has 0 aliphatic rings. The lowest BCUT2D eigenvalue weighted by molar-refractivity contribution is 0.0916. The minimum atomic E-state index is -0.417. The first-order valence-electron chi connectivity index (χ1n) is 6.02. The normalized spacial score (nSPS) is 10.4. The monoisotopic (exact) mass is 269 g/mol. The lowest BCUT2D eigenvalue weighted by Crippen LogP contribution is -2.23. The van der Waals surface area contributed by atoms with Crippen molar-refractivity contribution in [2.75, 3.05) is 0 Å². The summed E-state index contributed by atoms with van der Waals surface area (Å²) in [5.41, 5.74) is 0.992. The van der Waals surface area contributed by atoms with Gasteiger partial charge in [0.2, 0.25) is 0 Å². The number of hydrogen-bond donors (Lipinski definition) is 1. The summed E-state index contributed by atoms with van der Waals surface area (Å²) in [6.45, 7) is 0.401. The summed E-state index contributed by atoms with van der Waals surface area (Å²) in [5.74, 6) is 0.103. The molecule has 1 N–H and O–H groups in total. The standard InChI is InChI=1S/C14H11N3O3/c18-12(15-9-10-5-2-1-3-6-10)14-17-16-13(20-14)11-7-4-8-19-11/h1-8H,9H2,(H,15,18). The molecule has 100 valence electrons. The van der Waals surface area contributed by atoms with Gasteiger partial charge in [0.05, 0.1) is 6.26 Å². The van der Waals surface area contributed by atoms with Crippen LogP contribution < -0.4 is 5.32 Å². The summed E-state index contributed by atoms with van der Waals surface area (Å²) in [5, 5.41) is 10.2. The van der Waals surface area contributed by atoms with Crippen LogP contribution in [0.25, 0.3) is 11.7 Å². The largest absolute Gasteiger partial charge is 0.459 e. The molecule has 3 rings (SSSR count). The molecule has 0 spiro atoms. The second kappa shape index (κ2) is 5.40. The smallest absolute Gasteiger partial charge is 0.309 e. The van der Waals surface area contributed by atoms with E-state index in [0.29, 0.717) is 12.3 Å². The summed E-state index contributed by atoms with van der Waals surface area (Å²) in [6.07, 6.45) is 1.49. The van der Waals surface area contributed by atoms with Crippen LogP contribution in [0.5, 0.6) is 0 Å². The van der Waals surface area contributed by atoms with Gasteiger partial charge in [-0.05, 0) is 17.7 Å². The number of carbonyl (C=O) groups is 1. The minimum Gasteiger partial charge on any atom is -0.459 e. The molecular weight excluding hydrogens is 258 g/mol. The molecule has 0 fully saturated rings. The average molecular weight is 269 g/mol. The van der Waals surface area contributed by atoms with Crippen LogP contribution in [0.2, 0.25) is 0 Å². The average Bonchev–Trinajstić information content (AvgIpc) is 3.16. The maximum Gasteiger partial charge on any atom is 0.309 e. The molecule has 20 heavy (non-hydrogen) atoms. The highest BCUT2D eigenvalue weighted by molar-refractivity contribution is 5.89. The van der Waals surface area contributed by atoms with E-state index in [1.165, 1.54) is 6.26 Å². The molecule has 0 bridgehead atoms. The predicted molar refractivity (Wildman–Crippen MR) is 69.6 cm³/mol. The maximum atomic E-state index is 11.9. The molecule has 0 unspecified atom stereocenters. The van der Waals surface area contributed by atoms with Crippen LogP contribution in [0.4, 0.5) is 0 Å². The topological polar surface area (TPSA) is 81.2 Å². The first kappa shape index (κ1) is 12.2. The van der Waals surface area contributed by atoms with E-state index in [9.17, 15) is 4.79 Å². The summed E-state index contributed by atoms with van der Waals surface area (Å²) in [6, 6.07) is 12.9. The molecule has 0 aliphatic carbocycles. The van der Waals surface area contributed by atoms with Gasteiger partial charge in [-0.25, -0.2) is 0 Å². The van der Waals surface area contributed by atoms with E-state index in [1.54, 1.807) is 12.1 Å². The molecule has 0 saturated carbocycles. The van der Waals surface area contributed by atoms with Gasteiger partial charge in [0.15, 0.2) is 5.76 Å². The molecule has 6 nitrogen and oxygen atoms in total. The van der Waals surface area contributed by atoms with Crippen molar-refractivity contribution in [1.29, 1.82) is 0 Å². The van der Waals surface area contributed by atoms with Crippen LogP contribution in [0.1, 0.15) is 16.2 Å². The van der Waals surface area contributed by atoms with Gasteiger partial charge in [0.1, 0.15) is 0 Å². The van der Waals surface area contributed by atoms with Gasteiger partial charge in [-0.1, -0.05) is 30.3 Å². The number of furan rings is 1. The van der Waals surface area contributed by atoms with Crippen LogP contribution in [0.3, 0.4) is 0 Å². The number of carbonyl (C=O) groups excluding carboxylic acids is 1. The van der Waals surface area contributed by atoms with Crippen LogP contribution in [-0.4, -0.2) is 16.1 Å². The fraction of sp³-hybridized carbons (Fsp3) is 0.0714. The first-order valence-corrected chi connectivity index (χ1v) is 6.02. The van der Waals surface area contributed by atoms with Crippen molar-refractivity contribution in [3.8, 4) is 11.7 Å². The third kappa shape index (κ3) is 2.59. The molecule has 0 radical (unpaired) electrons. The van der Waals surface area contributed by atoms with Crippen molar-refractivity contribution >= 4 is 5.91 Å². The van der Waals surface area contributed by atoms with Crippen molar-refractivity contribution < 1.29 is 13.6 Å². The summed E-state index contributed by atoms with van der Waals surface area (Å²) < 4.78 is 10.4. The van der Waals surface area contributed by atoms with E-state index in [0.717, 1.165) is 5.56 Å². The highest BCUT2D eigenvalue weighted by Gasteiger charge is 2.16. The first-order chi connectivity index (χ1) is 9.83. The molecule has 0 aliphatic heterocycles. The van der Waals surface area contributed by atoms with Gasteiger partial charge in [0.25, 0.3) is 5.89 Å². The van der Waals surface area contributed by atoms with Crippen LogP contribution in [0.15, 0.2) is 57.6 Å². The van der Waals surface area contributed by atoms with Gasteiger partial charge in [-0.15, -0.1) is 10.2 Å². The SMILES string of the molecule is O=C(NCc1ccccc1)c1nnc(-c2ccco2)o1. The van der Waals surface area contributed by atoms with E-state index in [4.69, 9.17) is 8.83 Å². The van der Waals surface area contributed by atoms with Crippen LogP contribution >= 0.6 is 0 Å². The molecule has 1 amide bonds. The van der Waals surface area contributed by atoms with Gasteiger partial charge in [-0.2, -0.15) is 0 Å². The quantitative estimate of drug-likeness (QED) is 0.785. The Morgan fingerprint density at radius 1 is 1.10 bits per heavy atom. The number of nitrogens with one attached hydrogen (secondary N) is 1. The third-order valence-corrected chi connectivity index (χ3v) is 2.65. The van der Waals surface area contributed by atoms with E-state index < -0.39 is 5.91 Å². The molecule has 2 heterocycles. The maximum absolute atomic E-state index is 11.9. The van der Waals surface area contributed by atoms with Crippen molar-refractivity contribution in [3.63, 3.8) is 0 Å². The Morgan fingerprint density at radius 2 is 1.95 bits per heavy atom. The fourth-order valence-corrected chi connectivity index (χ4v) is 1.67. The summed E-state index contributed by atoms with van der Waals surface area (Å²) in [4.78, 5) is 11.9. The number of nitrogens with zero attached hydrogens (tertiary/aromatic N) is 2. The molecule has 0 saturated heterocycles. The molecule has 0 atom stereocenters. The van der Waals surface area contributed by atoms with Gasteiger partial charge in [-0.3, -0.25) is 4.79 Å². The number of hydrogen-bond acceptors (Lipinski definition) is 5. The fourth-order valence-electron chi connectivity index (χ4n) is 1.67. The van der Waals surface area contributed by atoms with Crippen molar-refractivity contribution in [3.05, 3.63) is 60.2 Å². The van der Waals surface area contributed by atoms with Crippen molar-refractivity contribution in [1.82, 2.24) is 15.5 Å². The highest BCUT2D eigenvalue weighted by atomic mass is 16.4. The predicted octanol–water partition coefficient (Wildman–Crippen LogP) is 2.26. The number of benzene rings is 1. The number of amides is 1. The Morgan fingerprint density at radius 3 is 2.70 bits per heavy atom. The number of aromatic nitrogens is 2. The Balaban J connectivity index is 1.66. The Labute approximate surface area is 114 Å². The molecule has 3 aromatic rings. The molecule has 6 heteroatoms. The molecule has 2 aromatic heterocycles. The van der Waals surface area contributed by atoms with Crippen LogP contribution in [0, 0.1) is 0 Å². The van der Waals surface area contributed by atoms with Crippen molar-refractivity contribution in [2.24, 2.45) is 0 Å². The van der Waals surface area contributed by atoms with Crippen LogP contribution in [-0.2, 0) is 6.54 Å². The third-order valence-electron chi connectivity index (χ3n) is 2.65. The van der Waals surface area contributed by atoms with E-state index in [2.05, 4.69) is 15.5 Å². The van der Waals surface area contributed by atoms with E-state index in [1.807, 2.05) is 30.3 Å². The number of rotatable bonds is 4. The zero-order chi connectivity index (χ0) is 13.8. The van der Waals surface area contributed by atoms with E-state index in [-0.39, 0.29) is 11.8 Å². The Hall–Kier alpha value is -2.89. The second-order valence-corrected chi connectivity index (χ2v) is 4.06. The summed E-state index contributed by atoms with van der Waals surface area (Å²) >= 11 is 0. The second-order valence-electron chi connectivity index (χ2n) is 4.06. The zero-order valence-corrected chi connectivity index (χ0v) is 10.4. The lowest BCUT2D eigenvalue weighted by Gasteiger charge is -2.01.